The molecule has 2 unspecified atom stereocenters. The van der Waals surface area contributed by atoms with Gasteiger partial charge in [0.2, 0.25) is 11.7 Å². The number of ether oxygens (including phenoxy) is 1. The Bertz CT molecular complexity index is 1590. The average molecular weight is 516 g/mol. The Kier molecular flexibility index (Phi) is 7.55. The zero-order valence-electron chi connectivity index (χ0n) is 21.4. The van der Waals surface area contributed by atoms with E-state index in [1.807, 2.05) is 91.1 Å². The molecule has 0 fully saturated rings. The fourth-order valence-corrected chi connectivity index (χ4v) is 4.85. The molecule has 6 nitrogen and oxygen atoms in total. The summed E-state index contributed by atoms with van der Waals surface area (Å²) in [6, 6.07) is 39.8. The van der Waals surface area contributed by atoms with Crippen molar-refractivity contribution in [3.8, 4) is 22.4 Å². The van der Waals surface area contributed by atoms with E-state index < -0.39 is 23.0 Å². The summed E-state index contributed by atoms with van der Waals surface area (Å²) in [5.74, 6) is -0.477. The largest absolute Gasteiger partial charge is 0.450 e. The molecule has 0 N–H and O–H groups in total. The van der Waals surface area contributed by atoms with Crippen LogP contribution in [0.5, 0.6) is 0 Å². The molecular weight excluding hydrogens is 488 g/mol. The van der Waals surface area contributed by atoms with Crippen molar-refractivity contribution in [2.75, 3.05) is 0 Å². The molecular formula is C33H27N2O4+. The maximum Gasteiger partial charge on any atom is 0.303 e. The van der Waals surface area contributed by atoms with E-state index in [1.54, 1.807) is 12.1 Å². The molecule has 6 heteroatoms. The molecule has 5 aromatic rings. The second kappa shape index (κ2) is 11.5. The van der Waals surface area contributed by atoms with Gasteiger partial charge in [0.15, 0.2) is 12.3 Å². The molecule has 0 saturated heterocycles. The molecule has 1 heterocycles. The predicted molar refractivity (Wildman–Crippen MR) is 150 cm³/mol. The van der Waals surface area contributed by atoms with Crippen molar-refractivity contribution in [1.29, 1.82) is 0 Å². The van der Waals surface area contributed by atoms with E-state index in [0.717, 1.165) is 27.9 Å². The Hall–Kier alpha value is -5.10. The van der Waals surface area contributed by atoms with E-state index in [1.165, 1.54) is 19.1 Å². The number of rotatable bonds is 8. The van der Waals surface area contributed by atoms with Gasteiger partial charge in [-0.15, -0.1) is 0 Å². The number of nitrogens with zero attached hydrogens (tertiary/aromatic N) is 2. The highest BCUT2D eigenvalue weighted by Gasteiger charge is 2.38. The molecule has 5 rings (SSSR count). The summed E-state index contributed by atoms with van der Waals surface area (Å²) in [6.45, 7) is 1.35. The van der Waals surface area contributed by atoms with E-state index in [0.29, 0.717) is 5.56 Å². The minimum absolute atomic E-state index is 0.0656. The summed E-state index contributed by atoms with van der Waals surface area (Å²) in [7, 11) is 0. The van der Waals surface area contributed by atoms with Gasteiger partial charge >= 0.3 is 5.97 Å². The smallest absolute Gasteiger partial charge is 0.303 e. The standard InChI is InChI=1S/C33H27N2O4/c1-24(36)39-33(29-18-11-19-30(22-29)35(37)38)32(27-16-9-4-10-17-27)34-21-20-28(25-12-5-2-6-13-25)23-31(34)26-14-7-3-8-15-26/h2-23,32-33H,1H3/q+1. The molecule has 1 aromatic heterocycles. The number of carbonyl (C=O) groups excluding carboxylic acids is 1. The summed E-state index contributed by atoms with van der Waals surface area (Å²) in [6.07, 6.45) is 1.16. The molecule has 0 aliphatic heterocycles. The molecule has 0 radical (unpaired) electrons. The average Bonchev–Trinajstić information content (AvgIpc) is 2.98. The van der Waals surface area contributed by atoms with E-state index in [-0.39, 0.29) is 5.69 Å². The van der Waals surface area contributed by atoms with Crippen LogP contribution >= 0.6 is 0 Å². The van der Waals surface area contributed by atoms with Crippen LogP contribution < -0.4 is 4.57 Å². The number of nitro benzene ring substituents is 1. The van der Waals surface area contributed by atoms with Crippen LogP contribution in [0.4, 0.5) is 5.69 Å². The van der Waals surface area contributed by atoms with Crippen LogP contribution in [-0.2, 0) is 9.53 Å². The summed E-state index contributed by atoms with van der Waals surface area (Å²) in [5.41, 5.74) is 5.37. The maximum absolute atomic E-state index is 12.4. The number of nitro groups is 1. The SMILES string of the molecule is CC(=O)OC(c1cccc([N+](=O)[O-])c1)C(c1ccccc1)[n+]1ccc(-c2ccccc2)cc1-c1ccccc1. The number of carbonyl (C=O) groups is 1. The first kappa shape index (κ1) is 25.5. The first-order valence-corrected chi connectivity index (χ1v) is 12.6. The summed E-state index contributed by atoms with van der Waals surface area (Å²) < 4.78 is 8.05. The van der Waals surface area contributed by atoms with Crippen LogP contribution in [0.15, 0.2) is 134 Å². The molecule has 4 aromatic carbocycles. The van der Waals surface area contributed by atoms with Gasteiger partial charge in [0, 0.05) is 47.9 Å². The zero-order valence-corrected chi connectivity index (χ0v) is 21.4. The Morgan fingerprint density at radius 1 is 0.718 bits per heavy atom. The lowest BCUT2D eigenvalue weighted by Crippen LogP contribution is -2.46. The Morgan fingerprint density at radius 3 is 1.92 bits per heavy atom. The van der Waals surface area contributed by atoms with E-state index >= 15 is 0 Å². The van der Waals surface area contributed by atoms with Crippen LogP contribution in [0.1, 0.15) is 30.2 Å². The third-order valence-electron chi connectivity index (χ3n) is 6.59. The molecule has 39 heavy (non-hydrogen) atoms. The molecule has 0 spiro atoms. The van der Waals surface area contributed by atoms with Crippen molar-refractivity contribution in [3.05, 3.63) is 155 Å². The normalized spacial score (nSPS) is 12.3. The number of esters is 1. The van der Waals surface area contributed by atoms with Gasteiger partial charge in [-0.25, -0.2) is 0 Å². The Labute approximate surface area is 226 Å². The molecule has 0 bridgehead atoms. The monoisotopic (exact) mass is 515 g/mol. The summed E-state index contributed by atoms with van der Waals surface area (Å²) in [4.78, 5) is 23.6. The van der Waals surface area contributed by atoms with Crippen LogP contribution in [0.2, 0.25) is 0 Å². The van der Waals surface area contributed by atoms with Gasteiger partial charge in [0.05, 0.1) is 4.92 Å². The van der Waals surface area contributed by atoms with Crippen molar-refractivity contribution < 1.29 is 19.0 Å². The summed E-state index contributed by atoms with van der Waals surface area (Å²) >= 11 is 0. The van der Waals surface area contributed by atoms with Gasteiger partial charge < -0.3 is 4.74 Å². The van der Waals surface area contributed by atoms with Crippen LogP contribution in [0.25, 0.3) is 22.4 Å². The fourth-order valence-electron chi connectivity index (χ4n) is 4.85. The lowest BCUT2D eigenvalue weighted by molar-refractivity contribution is -0.711. The second-order valence-electron chi connectivity index (χ2n) is 9.18. The highest BCUT2D eigenvalue weighted by Crippen LogP contribution is 2.36. The molecule has 0 amide bonds. The van der Waals surface area contributed by atoms with Crippen molar-refractivity contribution >= 4 is 11.7 Å². The molecule has 0 saturated carbocycles. The lowest BCUT2D eigenvalue weighted by Gasteiger charge is -2.25. The Balaban J connectivity index is 1.77. The van der Waals surface area contributed by atoms with E-state index in [4.69, 9.17) is 4.74 Å². The number of aromatic nitrogens is 1. The van der Waals surface area contributed by atoms with Crippen molar-refractivity contribution in [3.63, 3.8) is 0 Å². The van der Waals surface area contributed by atoms with Crippen molar-refractivity contribution in [2.45, 2.75) is 19.1 Å². The number of hydrogen-bond acceptors (Lipinski definition) is 4. The zero-order chi connectivity index (χ0) is 27.2. The van der Waals surface area contributed by atoms with Gasteiger partial charge in [0.25, 0.3) is 5.69 Å². The third-order valence-corrected chi connectivity index (χ3v) is 6.59. The minimum atomic E-state index is -0.833. The van der Waals surface area contributed by atoms with Gasteiger partial charge in [-0.1, -0.05) is 91.0 Å². The van der Waals surface area contributed by atoms with Crippen molar-refractivity contribution in [1.82, 2.24) is 0 Å². The topological polar surface area (TPSA) is 73.3 Å². The fraction of sp³-hybridized carbons (Fsp3) is 0.0909. The first-order valence-electron chi connectivity index (χ1n) is 12.6. The third kappa shape index (κ3) is 5.75. The van der Waals surface area contributed by atoms with Crippen molar-refractivity contribution in [2.24, 2.45) is 0 Å². The van der Waals surface area contributed by atoms with Gasteiger partial charge in [-0.05, 0) is 23.3 Å². The molecule has 0 aliphatic rings. The predicted octanol–water partition coefficient (Wildman–Crippen LogP) is 7.11. The number of pyridine rings is 1. The summed E-state index contributed by atoms with van der Waals surface area (Å²) in [5, 5.41) is 11.6. The minimum Gasteiger partial charge on any atom is -0.450 e. The van der Waals surface area contributed by atoms with Crippen LogP contribution in [0, 0.1) is 10.1 Å². The number of hydrogen-bond donors (Lipinski definition) is 0. The number of benzene rings is 4. The first-order chi connectivity index (χ1) is 19.0. The number of non-ortho nitro benzene ring substituents is 1. The van der Waals surface area contributed by atoms with Gasteiger partial charge in [-0.2, -0.15) is 4.57 Å². The second-order valence-corrected chi connectivity index (χ2v) is 9.18. The quantitative estimate of drug-likeness (QED) is 0.0955. The van der Waals surface area contributed by atoms with Crippen LogP contribution in [-0.4, -0.2) is 10.9 Å². The highest BCUT2D eigenvalue weighted by atomic mass is 16.6. The van der Waals surface area contributed by atoms with Crippen LogP contribution in [0.3, 0.4) is 0 Å². The highest BCUT2D eigenvalue weighted by molar-refractivity contribution is 5.69. The molecule has 2 atom stereocenters. The molecule has 0 aliphatic carbocycles. The van der Waals surface area contributed by atoms with E-state index in [2.05, 4.69) is 22.8 Å². The Morgan fingerprint density at radius 2 is 1.31 bits per heavy atom. The maximum atomic E-state index is 12.4. The van der Waals surface area contributed by atoms with Gasteiger partial charge in [-0.3, -0.25) is 14.9 Å². The van der Waals surface area contributed by atoms with Gasteiger partial charge in [0.1, 0.15) is 0 Å². The molecule has 192 valence electrons. The van der Waals surface area contributed by atoms with E-state index in [9.17, 15) is 14.9 Å². The lowest BCUT2D eigenvalue weighted by atomic mass is 9.93.